The Morgan fingerprint density at radius 2 is 1.97 bits per heavy atom. The fraction of sp³-hybridized carbons (Fsp3) is 0.652. The SMILES string of the molecule is CC(C)c1nc(-c2cnc(N)c(OC(F)(F)F)c2)cn1[C@H]1[C@@H]2CC(N3CCOC[C@@H]3C)C[C@@H]21. The van der Waals surface area contributed by atoms with Crippen LogP contribution in [0.5, 0.6) is 5.75 Å². The van der Waals surface area contributed by atoms with Gasteiger partial charge in [-0.2, -0.15) is 0 Å². The lowest BCUT2D eigenvalue weighted by atomic mass is 10.1. The quantitative estimate of drug-likeness (QED) is 0.713. The number of fused-ring (bicyclic) bond motifs is 1. The number of nitrogens with zero attached hydrogens (tertiary/aromatic N) is 4. The Labute approximate surface area is 191 Å². The van der Waals surface area contributed by atoms with Gasteiger partial charge in [0, 0.05) is 48.5 Å². The number of morpholine rings is 1. The molecular formula is C23H30F3N5O2. The van der Waals surface area contributed by atoms with E-state index in [4.69, 9.17) is 15.5 Å². The lowest BCUT2D eigenvalue weighted by Gasteiger charge is -2.38. The number of alkyl halides is 3. The number of rotatable bonds is 5. The molecule has 0 spiro atoms. The molecule has 33 heavy (non-hydrogen) atoms. The van der Waals surface area contributed by atoms with Crippen LogP contribution in [0.2, 0.25) is 0 Å². The maximum absolute atomic E-state index is 12.7. The van der Waals surface area contributed by atoms with Crippen molar-refractivity contribution in [1.29, 1.82) is 0 Å². The Hall–Kier alpha value is -2.33. The lowest BCUT2D eigenvalue weighted by molar-refractivity contribution is -0.274. The molecule has 5 atom stereocenters. The van der Waals surface area contributed by atoms with Gasteiger partial charge in [-0.3, -0.25) is 4.90 Å². The molecule has 0 radical (unpaired) electrons. The minimum Gasteiger partial charge on any atom is -0.402 e. The molecule has 2 saturated carbocycles. The van der Waals surface area contributed by atoms with Gasteiger partial charge in [-0.25, -0.2) is 9.97 Å². The van der Waals surface area contributed by atoms with Crippen LogP contribution in [0.25, 0.3) is 11.3 Å². The summed E-state index contributed by atoms with van der Waals surface area (Å²) in [6.07, 6.45) is 0.889. The predicted octanol–water partition coefficient (Wildman–Crippen LogP) is 4.22. The van der Waals surface area contributed by atoms with E-state index >= 15 is 0 Å². The van der Waals surface area contributed by atoms with Crippen LogP contribution in [0.1, 0.15) is 51.4 Å². The molecule has 3 aliphatic rings. The average Bonchev–Trinajstić information content (AvgIpc) is 3.09. The van der Waals surface area contributed by atoms with Gasteiger partial charge in [-0.15, -0.1) is 13.2 Å². The lowest BCUT2D eigenvalue weighted by Crippen LogP contribution is -2.49. The fourth-order valence-corrected chi connectivity index (χ4v) is 5.76. The number of nitrogen functional groups attached to an aromatic ring is 1. The molecule has 3 fully saturated rings. The Kier molecular flexibility index (Phi) is 5.55. The standard InChI is InChI=1S/C23H30F3N5O2/c1-12(2)22-29-18(14-6-19(21(27)28-9-14)33-23(24,25)26)10-31(22)20-16-7-15(8-17(16)20)30-4-5-32-11-13(30)3/h6,9-10,12-13,15-17,20H,4-5,7-8,11H2,1-3H3,(H2,27,28)/t13-,15?,16-,17+,20+/m0/s1. The highest BCUT2D eigenvalue weighted by molar-refractivity contribution is 5.64. The second kappa shape index (κ2) is 8.16. The van der Waals surface area contributed by atoms with Gasteiger partial charge >= 0.3 is 6.36 Å². The van der Waals surface area contributed by atoms with Crippen molar-refractivity contribution in [3.63, 3.8) is 0 Å². The normalized spacial score (nSPS) is 30.0. The summed E-state index contributed by atoms with van der Waals surface area (Å²) >= 11 is 0. The van der Waals surface area contributed by atoms with Crippen LogP contribution >= 0.6 is 0 Å². The molecule has 0 aromatic carbocycles. The van der Waals surface area contributed by atoms with Crippen LogP contribution in [0.15, 0.2) is 18.5 Å². The molecule has 0 amide bonds. The van der Waals surface area contributed by atoms with Crippen molar-refractivity contribution in [2.75, 3.05) is 25.5 Å². The predicted molar refractivity (Wildman–Crippen MR) is 117 cm³/mol. The van der Waals surface area contributed by atoms with Gasteiger partial charge in [0.1, 0.15) is 5.82 Å². The van der Waals surface area contributed by atoms with Crippen LogP contribution in [0.4, 0.5) is 19.0 Å². The molecule has 2 aromatic heterocycles. The van der Waals surface area contributed by atoms with Crippen LogP contribution in [0, 0.1) is 11.8 Å². The first-order valence-corrected chi connectivity index (χ1v) is 11.6. The number of aromatic nitrogens is 3. The van der Waals surface area contributed by atoms with E-state index < -0.39 is 12.1 Å². The van der Waals surface area contributed by atoms with E-state index in [1.807, 2.05) is 6.20 Å². The number of anilines is 1. The second-order valence-corrected chi connectivity index (χ2v) is 9.81. The molecule has 2 aliphatic carbocycles. The zero-order chi connectivity index (χ0) is 23.5. The van der Waals surface area contributed by atoms with Crippen molar-refractivity contribution in [2.24, 2.45) is 11.8 Å². The molecular weight excluding hydrogens is 435 g/mol. The third-order valence-corrected chi connectivity index (χ3v) is 7.26. The van der Waals surface area contributed by atoms with Gasteiger partial charge in [0.15, 0.2) is 11.6 Å². The second-order valence-electron chi connectivity index (χ2n) is 9.81. The van der Waals surface area contributed by atoms with Crippen molar-refractivity contribution < 1.29 is 22.6 Å². The Morgan fingerprint density at radius 1 is 1.24 bits per heavy atom. The zero-order valence-electron chi connectivity index (χ0n) is 19.0. The summed E-state index contributed by atoms with van der Waals surface area (Å²) in [5.41, 5.74) is 6.63. The monoisotopic (exact) mass is 465 g/mol. The first kappa shape index (κ1) is 22.5. The minimum absolute atomic E-state index is 0.183. The van der Waals surface area contributed by atoms with Crippen molar-refractivity contribution in [3.05, 3.63) is 24.3 Å². The maximum Gasteiger partial charge on any atom is 0.573 e. The third kappa shape index (κ3) is 4.30. The van der Waals surface area contributed by atoms with E-state index in [1.165, 1.54) is 12.3 Å². The Bertz CT molecular complexity index is 1010. The molecule has 7 nitrogen and oxygen atoms in total. The molecule has 2 N–H and O–H groups in total. The molecule has 180 valence electrons. The first-order valence-electron chi connectivity index (χ1n) is 11.6. The van der Waals surface area contributed by atoms with Crippen molar-refractivity contribution in [2.45, 2.75) is 64.0 Å². The number of hydrogen-bond acceptors (Lipinski definition) is 6. The molecule has 2 aromatic rings. The largest absolute Gasteiger partial charge is 0.573 e. The number of halogens is 3. The highest BCUT2D eigenvalue weighted by Crippen LogP contribution is 2.62. The van der Waals surface area contributed by atoms with Gasteiger partial charge in [-0.1, -0.05) is 13.8 Å². The maximum atomic E-state index is 12.7. The summed E-state index contributed by atoms with van der Waals surface area (Å²) in [4.78, 5) is 11.3. The summed E-state index contributed by atoms with van der Waals surface area (Å²) in [6, 6.07) is 2.71. The molecule has 1 saturated heterocycles. The fourth-order valence-electron chi connectivity index (χ4n) is 5.76. The minimum atomic E-state index is -4.84. The smallest absolute Gasteiger partial charge is 0.402 e. The molecule has 5 rings (SSSR count). The van der Waals surface area contributed by atoms with Gasteiger partial charge in [0.25, 0.3) is 0 Å². The van der Waals surface area contributed by atoms with Gasteiger partial charge in [0.05, 0.1) is 18.9 Å². The molecule has 1 unspecified atom stereocenters. The van der Waals surface area contributed by atoms with E-state index in [2.05, 4.69) is 40.0 Å². The molecule has 1 aliphatic heterocycles. The van der Waals surface area contributed by atoms with E-state index in [1.54, 1.807) is 0 Å². The van der Waals surface area contributed by atoms with E-state index in [0.29, 0.717) is 41.2 Å². The van der Waals surface area contributed by atoms with Crippen LogP contribution in [-0.4, -0.2) is 57.6 Å². The van der Waals surface area contributed by atoms with Crippen LogP contribution < -0.4 is 10.5 Å². The highest BCUT2D eigenvalue weighted by atomic mass is 19.4. The number of nitrogens with two attached hydrogens (primary N) is 1. The van der Waals surface area contributed by atoms with Crippen molar-refractivity contribution in [3.8, 4) is 17.0 Å². The van der Waals surface area contributed by atoms with Crippen molar-refractivity contribution >= 4 is 5.82 Å². The summed E-state index contributed by atoms with van der Waals surface area (Å²) in [5, 5.41) is 0. The number of ether oxygens (including phenoxy) is 2. The topological polar surface area (TPSA) is 78.4 Å². The first-order chi connectivity index (χ1) is 15.6. The van der Waals surface area contributed by atoms with Gasteiger partial charge < -0.3 is 19.8 Å². The summed E-state index contributed by atoms with van der Waals surface area (Å²) in [7, 11) is 0. The number of hydrogen-bond donors (Lipinski definition) is 1. The Balaban J connectivity index is 1.36. The van der Waals surface area contributed by atoms with E-state index in [-0.39, 0.29) is 11.7 Å². The Morgan fingerprint density at radius 3 is 2.61 bits per heavy atom. The highest BCUT2D eigenvalue weighted by Gasteiger charge is 2.58. The van der Waals surface area contributed by atoms with Crippen molar-refractivity contribution in [1.82, 2.24) is 19.4 Å². The third-order valence-electron chi connectivity index (χ3n) is 7.26. The van der Waals surface area contributed by atoms with Crippen LogP contribution in [-0.2, 0) is 4.74 Å². The number of imidazole rings is 1. The average molecular weight is 466 g/mol. The van der Waals surface area contributed by atoms with Crippen LogP contribution in [0.3, 0.4) is 0 Å². The van der Waals surface area contributed by atoms with Gasteiger partial charge in [0.2, 0.25) is 0 Å². The molecule has 10 heteroatoms. The van der Waals surface area contributed by atoms with E-state index in [0.717, 1.165) is 38.4 Å². The molecule has 3 heterocycles. The van der Waals surface area contributed by atoms with Gasteiger partial charge in [-0.05, 0) is 37.7 Å². The summed E-state index contributed by atoms with van der Waals surface area (Å²) in [5.74, 6) is 1.53. The number of pyridine rings is 1. The molecule has 0 bridgehead atoms. The summed E-state index contributed by atoms with van der Waals surface area (Å²) in [6.45, 7) is 8.99. The zero-order valence-corrected chi connectivity index (χ0v) is 19.0. The summed E-state index contributed by atoms with van der Waals surface area (Å²) < 4.78 is 50.1. The van der Waals surface area contributed by atoms with E-state index in [9.17, 15) is 13.2 Å².